The standard InChI is InChI=1S/C16H23N3O2/c1-12-4-5-15(14(3)13(12)2)10-17-18-16(20)11-19-6-8-21-9-7-19/h4-5,10H,6-9,11H2,1-3H3,(H,18,20)/b17-10-. The van der Waals surface area contributed by atoms with E-state index in [1.165, 1.54) is 16.7 Å². The Morgan fingerprint density at radius 2 is 2.00 bits per heavy atom. The molecule has 0 atom stereocenters. The van der Waals surface area contributed by atoms with Crippen molar-refractivity contribution in [1.82, 2.24) is 10.3 Å². The van der Waals surface area contributed by atoms with E-state index < -0.39 is 0 Å². The molecule has 1 aromatic rings. The Morgan fingerprint density at radius 3 is 2.71 bits per heavy atom. The lowest BCUT2D eigenvalue weighted by Gasteiger charge is -2.25. The normalized spacial score (nSPS) is 16.3. The highest BCUT2D eigenvalue weighted by Crippen LogP contribution is 2.15. The second-order valence-corrected chi connectivity index (χ2v) is 5.40. The highest BCUT2D eigenvalue weighted by atomic mass is 16.5. The molecule has 21 heavy (non-hydrogen) atoms. The molecule has 1 heterocycles. The Hall–Kier alpha value is -1.72. The number of nitrogens with one attached hydrogen (secondary N) is 1. The van der Waals surface area contributed by atoms with Gasteiger partial charge in [-0.2, -0.15) is 5.10 Å². The number of rotatable bonds is 4. The summed E-state index contributed by atoms with van der Waals surface area (Å²) in [6.45, 7) is 9.61. The molecule has 0 aromatic heterocycles. The Labute approximate surface area is 126 Å². The molecule has 0 saturated carbocycles. The number of nitrogens with zero attached hydrogens (tertiary/aromatic N) is 2. The van der Waals surface area contributed by atoms with Crippen LogP contribution in [0, 0.1) is 20.8 Å². The summed E-state index contributed by atoms with van der Waals surface area (Å²) >= 11 is 0. The van der Waals surface area contributed by atoms with Crippen LogP contribution in [-0.2, 0) is 9.53 Å². The third kappa shape index (κ3) is 4.37. The van der Waals surface area contributed by atoms with Crippen molar-refractivity contribution >= 4 is 12.1 Å². The van der Waals surface area contributed by atoms with Gasteiger partial charge < -0.3 is 4.74 Å². The van der Waals surface area contributed by atoms with E-state index in [0.29, 0.717) is 19.8 Å². The predicted octanol–water partition coefficient (Wildman–Crippen LogP) is 1.39. The minimum absolute atomic E-state index is 0.0883. The minimum atomic E-state index is -0.0883. The maximum absolute atomic E-state index is 11.8. The molecule has 1 fully saturated rings. The summed E-state index contributed by atoms with van der Waals surface area (Å²) in [4.78, 5) is 13.9. The van der Waals surface area contributed by atoms with Crippen LogP contribution in [0.1, 0.15) is 22.3 Å². The van der Waals surface area contributed by atoms with Gasteiger partial charge in [0.2, 0.25) is 0 Å². The second-order valence-electron chi connectivity index (χ2n) is 5.40. The van der Waals surface area contributed by atoms with Gasteiger partial charge in [-0.15, -0.1) is 0 Å². The number of carbonyl (C=O) groups is 1. The lowest BCUT2D eigenvalue weighted by atomic mass is 10.00. The Balaban J connectivity index is 1.87. The maximum Gasteiger partial charge on any atom is 0.254 e. The van der Waals surface area contributed by atoms with Gasteiger partial charge >= 0.3 is 0 Å². The summed E-state index contributed by atoms with van der Waals surface area (Å²) in [5, 5.41) is 4.06. The predicted molar refractivity (Wildman–Crippen MR) is 83.6 cm³/mol. The van der Waals surface area contributed by atoms with Crippen molar-refractivity contribution in [2.45, 2.75) is 20.8 Å². The molecule has 114 valence electrons. The largest absolute Gasteiger partial charge is 0.379 e. The molecule has 2 rings (SSSR count). The summed E-state index contributed by atoms with van der Waals surface area (Å²) in [7, 11) is 0. The monoisotopic (exact) mass is 289 g/mol. The number of hydrogen-bond acceptors (Lipinski definition) is 4. The van der Waals surface area contributed by atoms with Gasteiger partial charge in [0.1, 0.15) is 0 Å². The van der Waals surface area contributed by atoms with Gasteiger partial charge in [-0.1, -0.05) is 12.1 Å². The van der Waals surface area contributed by atoms with Crippen LogP contribution in [0.5, 0.6) is 0 Å². The van der Waals surface area contributed by atoms with E-state index in [9.17, 15) is 4.79 Å². The van der Waals surface area contributed by atoms with E-state index in [0.717, 1.165) is 18.7 Å². The summed E-state index contributed by atoms with van der Waals surface area (Å²) in [6.07, 6.45) is 1.71. The van der Waals surface area contributed by atoms with E-state index >= 15 is 0 Å². The SMILES string of the molecule is Cc1ccc(/C=N\NC(=O)CN2CCOCC2)c(C)c1C. The van der Waals surface area contributed by atoms with E-state index in [4.69, 9.17) is 4.74 Å². The van der Waals surface area contributed by atoms with Crippen molar-refractivity contribution in [1.29, 1.82) is 0 Å². The number of amides is 1. The van der Waals surface area contributed by atoms with E-state index in [-0.39, 0.29) is 5.91 Å². The average molecular weight is 289 g/mol. The molecule has 0 bridgehead atoms. The van der Waals surface area contributed by atoms with Crippen LogP contribution in [0.4, 0.5) is 0 Å². The van der Waals surface area contributed by atoms with Crippen molar-refractivity contribution in [2.24, 2.45) is 5.10 Å². The number of hydrogen-bond donors (Lipinski definition) is 1. The minimum Gasteiger partial charge on any atom is -0.379 e. The quantitative estimate of drug-likeness (QED) is 0.673. The number of carbonyl (C=O) groups excluding carboxylic acids is 1. The summed E-state index contributed by atoms with van der Waals surface area (Å²) in [6, 6.07) is 4.09. The second kappa shape index (κ2) is 7.33. The van der Waals surface area contributed by atoms with E-state index in [1.54, 1.807) is 6.21 Å². The van der Waals surface area contributed by atoms with Gasteiger partial charge in [0, 0.05) is 13.1 Å². The molecule has 0 unspecified atom stereocenters. The van der Waals surface area contributed by atoms with Crippen LogP contribution in [0.25, 0.3) is 0 Å². The van der Waals surface area contributed by atoms with Gasteiger partial charge in [-0.25, -0.2) is 5.43 Å². The fourth-order valence-electron chi connectivity index (χ4n) is 2.29. The first-order valence-electron chi connectivity index (χ1n) is 7.26. The first kappa shape index (κ1) is 15.7. The zero-order chi connectivity index (χ0) is 15.2. The van der Waals surface area contributed by atoms with Gasteiger partial charge in [0.15, 0.2) is 0 Å². The molecular weight excluding hydrogens is 266 g/mol. The third-order valence-electron chi connectivity index (χ3n) is 3.96. The van der Waals surface area contributed by atoms with E-state index in [2.05, 4.69) is 42.3 Å². The van der Waals surface area contributed by atoms with Crippen molar-refractivity contribution in [2.75, 3.05) is 32.8 Å². The Bertz CT molecular complexity index is 535. The molecule has 0 radical (unpaired) electrons. The number of ether oxygens (including phenoxy) is 1. The van der Waals surface area contributed by atoms with Crippen LogP contribution >= 0.6 is 0 Å². The van der Waals surface area contributed by atoms with Crippen molar-refractivity contribution in [3.63, 3.8) is 0 Å². The van der Waals surface area contributed by atoms with Crippen LogP contribution in [0.3, 0.4) is 0 Å². The molecule has 1 aliphatic rings. The number of hydrazone groups is 1. The maximum atomic E-state index is 11.8. The van der Waals surface area contributed by atoms with Crippen molar-refractivity contribution in [3.05, 3.63) is 34.4 Å². The number of aryl methyl sites for hydroxylation is 1. The summed E-state index contributed by atoms with van der Waals surface area (Å²) in [5.74, 6) is -0.0883. The molecular formula is C16H23N3O2. The summed E-state index contributed by atoms with van der Waals surface area (Å²) in [5.41, 5.74) is 7.34. The van der Waals surface area contributed by atoms with Crippen molar-refractivity contribution < 1.29 is 9.53 Å². The molecule has 1 N–H and O–H groups in total. The van der Waals surface area contributed by atoms with Crippen LogP contribution in [0.15, 0.2) is 17.2 Å². The fraction of sp³-hybridized carbons (Fsp3) is 0.500. The first-order valence-corrected chi connectivity index (χ1v) is 7.26. The van der Waals surface area contributed by atoms with Crippen LogP contribution < -0.4 is 5.43 Å². The smallest absolute Gasteiger partial charge is 0.254 e. The zero-order valence-corrected chi connectivity index (χ0v) is 13.0. The van der Waals surface area contributed by atoms with Gasteiger partial charge in [0.05, 0.1) is 26.0 Å². The lowest BCUT2D eigenvalue weighted by molar-refractivity contribution is -0.123. The van der Waals surface area contributed by atoms with Gasteiger partial charge in [0.25, 0.3) is 5.91 Å². The van der Waals surface area contributed by atoms with Crippen LogP contribution in [0.2, 0.25) is 0 Å². The summed E-state index contributed by atoms with van der Waals surface area (Å²) < 4.78 is 5.25. The highest BCUT2D eigenvalue weighted by Gasteiger charge is 2.13. The molecule has 1 amide bonds. The van der Waals surface area contributed by atoms with Crippen molar-refractivity contribution in [3.8, 4) is 0 Å². The lowest BCUT2D eigenvalue weighted by Crippen LogP contribution is -2.42. The Kier molecular flexibility index (Phi) is 5.47. The highest BCUT2D eigenvalue weighted by molar-refractivity contribution is 5.84. The molecule has 1 aliphatic heterocycles. The van der Waals surface area contributed by atoms with Crippen LogP contribution in [-0.4, -0.2) is 49.9 Å². The number of morpholine rings is 1. The van der Waals surface area contributed by atoms with Gasteiger partial charge in [-0.3, -0.25) is 9.69 Å². The molecule has 0 aliphatic carbocycles. The number of benzene rings is 1. The molecule has 0 spiro atoms. The Morgan fingerprint density at radius 1 is 1.29 bits per heavy atom. The van der Waals surface area contributed by atoms with Gasteiger partial charge in [-0.05, 0) is 43.0 Å². The molecule has 1 saturated heterocycles. The fourth-order valence-corrected chi connectivity index (χ4v) is 2.29. The molecule has 1 aromatic carbocycles. The zero-order valence-electron chi connectivity index (χ0n) is 13.0. The van der Waals surface area contributed by atoms with E-state index in [1.807, 2.05) is 6.07 Å². The molecule has 5 heteroatoms. The molecule has 5 nitrogen and oxygen atoms in total. The average Bonchev–Trinajstić information content (AvgIpc) is 2.48. The first-order chi connectivity index (χ1) is 10.1. The third-order valence-corrected chi connectivity index (χ3v) is 3.96. The topological polar surface area (TPSA) is 53.9 Å².